The lowest BCUT2D eigenvalue weighted by Gasteiger charge is -2.22. The van der Waals surface area contributed by atoms with Gasteiger partial charge >= 0.3 is 5.97 Å². The molecule has 1 atom stereocenters. The number of nitrogens with zero attached hydrogens (tertiary/aromatic N) is 1. The van der Waals surface area contributed by atoms with Crippen molar-refractivity contribution in [2.24, 2.45) is 0 Å². The summed E-state index contributed by atoms with van der Waals surface area (Å²) in [5.41, 5.74) is 0. The Hall–Kier alpha value is -1.51. The Morgan fingerprint density at radius 2 is 1.95 bits per heavy atom. The summed E-state index contributed by atoms with van der Waals surface area (Å²) in [5, 5.41) is 9.28. The third kappa shape index (κ3) is 2.86. The largest absolute Gasteiger partial charge is 0.495 e. The molecule has 0 saturated carbocycles. The fraction of sp³-hybridized carbons (Fsp3) is 0.462. The number of carboxylic acids is 1. The monoisotopic (exact) mass is 349 g/mol. The molecule has 2 rings (SSSR count). The summed E-state index contributed by atoms with van der Waals surface area (Å²) >= 11 is 5.99. The van der Waals surface area contributed by atoms with E-state index in [0.29, 0.717) is 6.42 Å². The van der Waals surface area contributed by atoms with Crippen molar-refractivity contribution in [1.29, 1.82) is 0 Å². The molecule has 0 aliphatic carbocycles. The molecule has 9 heteroatoms. The second kappa shape index (κ2) is 6.31. The summed E-state index contributed by atoms with van der Waals surface area (Å²) in [4.78, 5) is 11.1. The number of rotatable bonds is 5. The van der Waals surface area contributed by atoms with Gasteiger partial charge in [-0.2, -0.15) is 4.31 Å². The Kier molecular flexibility index (Phi) is 4.84. The summed E-state index contributed by atoms with van der Waals surface area (Å²) in [6, 6.07) is 1.50. The predicted octanol–water partition coefficient (Wildman–Crippen LogP) is 1.59. The van der Waals surface area contributed by atoms with Crippen molar-refractivity contribution >= 4 is 27.6 Å². The molecular weight excluding hydrogens is 334 g/mol. The molecule has 0 bridgehead atoms. The minimum atomic E-state index is -4.04. The Bertz CT molecular complexity index is 690. The van der Waals surface area contributed by atoms with Crippen LogP contribution in [0.5, 0.6) is 11.5 Å². The number of carbonyl (C=O) groups is 1. The molecule has 0 unspecified atom stereocenters. The molecule has 1 heterocycles. The minimum Gasteiger partial charge on any atom is -0.495 e. The molecule has 1 aliphatic heterocycles. The molecule has 0 amide bonds. The summed E-state index contributed by atoms with van der Waals surface area (Å²) < 4.78 is 36.6. The maximum absolute atomic E-state index is 12.8. The Morgan fingerprint density at radius 3 is 2.50 bits per heavy atom. The fourth-order valence-corrected chi connectivity index (χ4v) is 4.56. The quantitative estimate of drug-likeness (QED) is 0.867. The molecule has 1 aromatic carbocycles. The smallest absolute Gasteiger partial charge is 0.322 e. The molecular formula is C13H16ClNO6S. The van der Waals surface area contributed by atoms with Crippen LogP contribution in [0.2, 0.25) is 5.02 Å². The van der Waals surface area contributed by atoms with Gasteiger partial charge in [-0.25, -0.2) is 8.42 Å². The normalized spacial score (nSPS) is 19.1. The van der Waals surface area contributed by atoms with Crippen LogP contribution in [-0.4, -0.2) is 50.6 Å². The summed E-state index contributed by atoms with van der Waals surface area (Å²) in [6.07, 6.45) is 0.767. The van der Waals surface area contributed by atoms with Gasteiger partial charge in [0.2, 0.25) is 10.0 Å². The van der Waals surface area contributed by atoms with Gasteiger partial charge in [-0.1, -0.05) is 11.6 Å². The van der Waals surface area contributed by atoms with Crippen molar-refractivity contribution in [3.05, 3.63) is 17.2 Å². The van der Waals surface area contributed by atoms with E-state index in [9.17, 15) is 18.3 Å². The predicted molar refractivity (Wildman–Crippen MR) is 79.1 cm³/mol. The highest BCUT2D eigenvalue weighted by Crippen LogP contribution is 2.38. The van der Waals surface area contributed by atoms with E-state index in [-0.39, 0.29) is 34.4 Å². The van der Waals surface area contributed by atoms with Gasteiger partial charge in [0.1, 0.15) is 22.4 Å². The highest BCUT2D eigenvalue weighted by Gasteiger charge is 2.41. The van der Waals surface area contributed by atoms with Gasteiger partial charge in [0.05, 0.1) is 19.2 Å². The molecule has 122 valence electrons. The maximum Gasteiger partial charge on any atom is 0.322 e. The second-order valence-corrected chi connectivity index (χ2v) is 7.02. The third-order valence-electron chi connectivity index (χ3n) is 3.51. The molecule has 1 aromatic rings. The van der Waals surface area contributed by atoms with Crippen LogP contribution in [0.1, 0.15) is 12.8 Å². The summed E-state index contributed by atoms with van der Waals surface area (Å²) in [7, 11) is -1.32. The zero-order chi connectivity index (χ0) is 16.5. The Morgan fingerprint density at radius 1 is 1.32 bits per heavy atom. The standard InChI is InChI=1S/C13H16ClNO6S/c1-20-10-7-11(21-2)12(6-8(10)14)22(18,19)15-5-3-4-9(15)13(16)17/h6-7,9H,3-5H2,1-2H3,(H,16,17)/t9-/m1/s1. The zero-order valence-corrected chi connectivity index (χ0v) is 13.6. The van der Waals surface area contributed by atoms with Crippen LogP contribution < -0.4 is 9.47 Å². The van der Waals surface area contributed by atoms with E-state index in [1.807, 2.05) is 0 Å². The number of ether oxygens (including phenoxy) is 2. The first-order valence-corrected chi connectivity index (χ1v) is 8.31. The number of sulfonamides is 1. The number of benzene rings is 1. The van der Waals surface area contributed by atoms with Gasteiger partial charge in [0, 0.05) is 12.6 Å². The SMILES string of the molecule is COc1cc(OC)c(S(=O)(=O)N2CCC[C@@H]2C(=O)O)cc1Cl. The van der Waals surface area contributed by atoms with E-state index < -0.39 is 22.0 Å². The van der Waals surface area contributed by atoms with Crippen molar-refractivity contribution in [1.82, 2.24) is 4.31 Å². The molecule has 1 N–H and O–H groups in total. The average molecular weight is 350 g/mol. The second-order valence-electron chi connectivity index (χ2n) is 4.75. The molecule has 1 aliphatic rings. The van der Waals surface area contributed by atoms with Crippen LogP contribution in [0.15, 0.2) is 17.0 Å². The van der Waals surface area contributed by atoms with Crippen molar-refractivity contribution in [3.63, 3.8) is 0 Å². The number of hydrogen-bond donors (Lipinski definition) is 1. The van der Waals surface area contributed by atoms with Crippen LogP contribution >= 0.6 is 11.6 Å². The molecule has 0 aromatic heterocycles. The molecule has 7 nitrogen and oxygen atoms in total. The molecule has 1 fully saturated rings. The lowest BCUT2D eigenvalue weighted by atomic mass is 10.2. The first-order valence-electron chi connectivity index (χ1n) is 6.49. The molecule has 1 saturated heterocycles. The van der Waals surface area contributed by atoms with Gasteiger partial charge in [-0.05, 0) is 18.9 Å². The first-order chi connectivity index (χ1) is 10.3. The van der Waals surface area contributed by atoms with Crippen molar-refractivity contribution in [2.45, 2.75) is 23.8 Å². The van der Waals surface area contributed by atoms with Crippen LogP contribution in [0.4, 0.5) is 0 Å². The summed E-state index contributed by atoms with van der Waals surface area (Å²) in [5.74, 6) is -0.842. The molecule has 0 spiro atoms. The maximum atomic E-state index is 12.8. The minimum absolute atomic E-state index is 0.0530. The topological polar surface area (TPSA) is 93.1 Å². The van der Waals surface area contributed by atoms with E-state index >= 15 is 0 Å². The number of halogens is 1. The van der Waals surface area contributed by atoms with Crippen molar-refractivity contribution in [2.75, 3.05) is 20.8 Å². The van der Waals surface area contributed by atoms with Gasteiger partial charge in [-0.15, -0.1) is 0 Å². The highest BCUT2D eigenvalue weighted by atomic mass is 35.5. The zero-order valence-electron chi connectivity index (χ0n) is 12.1. The number of methoxy groups -OCH3 is 2. The van der Waals surface area contributed by atoms with Crippen LogP contribution in [0.3, 0.4) is 0 Å². The van der Waals surface area contributed by atoms with Crippen molar-refractivity contribution < 1.29 is 27.8 Å². The van der Waals surface area contributed by atoms with Crippen LogP contribution in [0, 0.1) is 0 Å². The lowest BCUT2D eigenvalue weighted by Crippen LogP contribution is -2.40. The van der Waals surface area contributed by atoms with E-state index in [1.165, 1.54) is 26.4 Å². The fourth-order valence-electron chi connectivity index (χ4n) is 2.43. The van der Waals surface area contributed by atoms with Crippen LogP contribution in [0.25, 0.3) is 0 Å². The van der Waals surface area contributed by atoms with Gasteiger partial charge in [0.15, 0.2) is 0 Å². The lowest BCUT2D eigenvalue weighted by molar-refractivity contribution is -0.140. The van der Waals surface area contributed by atoms with Gasteiger partial charge < -0.3 is 14.6 Å². The number of carboxylic acid groups (broad SMARTS) is 1. The third-order valence-corrected chi connectivity index (χ3v) is 5.74. The van der Waals surface area contributed by atoms with Crippen LogP contribution in [-0.2, 0) is 14.8 Å². The average Bonchev–Trinajstić information content (AvgIpc) is 2.97. The highest BCUT2D eigenvalue weighted by molar-refractivity contribution is 7.89. The van der Waals surface area contributed by atoms with E-state index in [2.05, 4.69) is 0 Å². The number of hydrogen-bond acceptors (Lipinski definition) is 5. The molecule has 0 radical (unpaired) electrons. The molecule has 22 heavy (non-hydrogen) atoms. The van der Waals surface area contributed by atoms with Crippen molar-refractivity contribution in [3.8, 4) is 11.5 Å². The summed E-state index contributed by atoms with van der Waals surface area (Å²) in [6.45, 7) is 0.145. The van der Waals surface area contributed by atoms with Gasteiger partial charge in [0.25, 0.3) is 0 Å². The van der Waals surface area contributed by atoms with E-state index in [1.54, 1.807) is 0 Å². The first kappa shape index (κ1) is 16.9. The van der Waals surface area contributed by atoms with E-state index in [0.717, 1.165) is 4.31 Å². The Labute approximate surface area is 133 Å². The van der Waals surface area contributed by atoms with Gasteiger partial charge in [-0.3, -0.25) is 4.79 Å². The van der Waals surface area contributed by atoms with E-state index in [4.69, 9.17) is 21.1 Å². The number of aliphatic carboxylic acids is 1. The Balaban J connectivity index is 2.54.